The number of rotatable bonds is 3. The Bertz CT molecular complexity index is 849. The van der Waals surface area contributed by atoms with Crippen molar-refractivity contribution in [3.05, 3.63) is 48.0 Å². The molecule has 1 saturated heterocycles. The second kappa shape index (κ2) is 6.12. The maximum absolute atomic E-state index is 12.5. The Morgan fingerprint density at radius 3 is 2.84 bits per heavy atom. The van der Waals surface area contributed by atoms with Crippen molar-refractivity contribution >= 4 is 23.2 Å². The van der Waals surface area contributed by atoms with Gasteiger partial charge in [-0.15, -0.1) is 0 Å². The normalized spacial score (nSPS) is 18.5. The molecule has 0 unspecified atom stereocenters. The Hall–Kier alpha value is -3.02. The van der Waals surface area contributed by atoms with Crippen molar-refractivity contribution in [1.29, 1.82) is 0 Å². The highest BCUT2D eigenvalue weighted by molar-refractivity contribution is 6.03. The number of ether oxygens (including phenoxy) is 2. The second-order valence-corrected chi connectivity index (χ2v) is 6.30. The molecule has 2 aliphatic heterocycles. The Kier molecular flexibility index (Phi) is 3.80. The number of benzene rings is 2. The SMILES string of the molecule is Cc1cccc(N2C[C@@H](C(=O)Nc3ccc4c(c3)OCO4)CC2=O)c1. The number of nitrogens with zero attached hydrogens (tertiary/aromatic N) is 1. The fourth-order valence-corrected chi connectivity index (χ4v) is 3.15. The van der Waals surface area contributed by atoms with Gasteiger partial charge in [0.2, 0.25) is 18.6 Å². The first kappa shape index (κ1) is 15.5. The minimum Gasteiger partial charge on any atom is -0.454 e. The Morgan fingerprint density at radius 2 is 2.00 bits per heavy atom. The lowest BCUT2D eigenvalue weighted by atomic mass is 10.1. The number of nitrogens with one attached hydrogen (secondary N) is 1. The Labute approximate surface area is 145 Å². The van der Waals surface area contributed by atoms with Crippen LogP contribution in [-0.2, 0) is 9.59 Å². The molecule has 0 aliphatic carbocycles. The number of carbonyl (C=O) groups is 2. The van der Waals surface area contributed by atoms with Gasteiger partial charge in [0.05, 0.1) is 5.92 Å². The van der Waals surface area contributed by atoms with E-state index in [9.17, 15) is 9.59 Å². The molecule has 2 heterocycles. The van der Waals surface area contributed by atoms with Crippen LogP contribution in [0.2, 0.25) is 0 Å². The molecule has 1 atom stereocenters. The van der Waals surface area contributed by atoms with Gasteiger partial charge in [-0.25, -0.2) is 0 Å². The summed E-state index contributed by atoms with van der Waals surface area (Å²) in [4.78, 5) is 26.5. The summed E-state index contributed by atoms with van der Waals surface area (Å²) in [6.45, 7) is 2.56. The zero-order chi connectivity index (χ0) is 17.4. The molecule has 6 nitrogen and oxygen atoms in total. The fourth-order valence-electron chi connectivity index (χ4n) is 3.15. The van der Waals surface area contributed by atoms with Crippen LogP contribution in [0.15, 0.2) is 42.5 Å². The van der Waals surface area contributed by atoms with Crippen molar-refractivity contribution in [3.63, 3.8) is 0 Å². The summed E-state index contributed by atoms with van der Waals surface area (Å²) in [6, 6.07) is 13.0. The molecular weight excluding hydrogens is 320 g/mol. The van der Waals surface area contributed by atoms with E-state index < -0.39 is 0 Å². The quantitative estimate of drug-likeness (QED) is 0.934. The van der Waals surface area contributed by atoms with Gasteiger partial charge in [0.25, 0.3) is 0 Å². The van der Waals surface area contributed by atoms with E-state index in [2.05, 4.69) is 5.32 Å². The Balaban J connectivity index is 1.45. The van der Waals surface area contributed by atoms with Gasteiger partial charge in [-0.2, -0.15) is 0 Å². The lowest BCUT2D eigenvalue weighted by Gasteiger charge is -2.17. The average molecular weight is 338 g/mol. The molecule has 0 aromatic heterocycles. The standard InChI is InChI=1S/C19H18N2O4/c1-12-3-2-4-15(7-12)21-10-13(8-18(21)22)19(23)20-14-5-6-16-17(9-14)25-11-24-16/h2-7,9,13H,8,10-11H2,1H3,(H,20,23)/t13-/m0/s1. The summed E-state index contributed by atoms with van der Waals surface area (Å²) in [6.07, 6.45) is 0.213. The van der Waals surface area contributed by atoms with Crippen molar-refractivity contribution in [2.75, 3.05) is 23.6 Å². The number of aryl methyl sites for hydroxylation is 1. The van der Waals surface area contributed by atoms with E-state index in [1.165, 1.54) is 0 Å². The molecular formula is C19H18N2O4. The number of carbonyl (C=O) groups excluding carboxylic acids is 2. The smallest absolute Gasteiger partial charge is 0.231 e. The molecule has 0 saturated carbocycles. The van der Waals surface area contributed by atoms with Gasteiger partial charge in [-0.05, 0) is 36.8 Å². The van der Waals surface area contributed by atoms with E-state index in [0.29, 0.717) is 23.7 Å². The summed E-state index contributed by atoms with van der Waals surface area (Å²) in [5, 5.41) is 2.86. The van der Waals surface area contributed by atoms with E-state index in [1.54, 1.807) is 23.1 Å². The molecule has 1 fully saturated rings. The highest BCUT2D eigenvalue weighted by atomic mass is 16.7. The first-order chi connectivity index (χ1) is 12.1. The predicted molar refractivity (Wildman–Crippen MR) is 92.8 cm³/mol. The molecule has 0 spiro atoms. The summed E-state index contributed by atoms with van der Waals surface area (Å²) in [5.41, 5.74) is 2.55. The van der Waals surface area contributed by atoms with Crippen LogP contribution in [-0.4, -0.2) is 25.2 Å². The van der Waals surface area contributed by atoms with Gasteiger partial charge < -0.3 is 19.7 Å². The van der Waals surface area contributed by atoms with Crippen molar-refractivity contribution < 1.29 is 19.1 Å². The van der Waals surface area contributed by atoms with Gasteiger partial charge in [0.15, 0.2) is 11.5 Å². The Morgan fingerprint density at radius 1 is 1.16 bits per heavy atom. The second-order valence-electron chi connectivity index (χ2n) is 6.30. The molecule has 4 rings (SSSR count). The molecule has 6 heteroatoms. The predicted octanol–water partition coefficient (Wildman–Crippen LogP) is 2.72. The zero-order valence-corrected chi connectivity index (χ0v) is 13.8. The number of amides is 2. The van der Waals surface area contributed by atoms with Gasteiger partial charge in [-0.1, -0.05) is 12.1 Å². The van der Waals surface area contributed by atoms with Crippen LogP contribution in [0.5, 0.6) is 11.5 Å². The van der Waals surface area contributed by atoms with Crippen molar-refractivity contribution in [1.82, 2.24) is 0 Å². The number of anilines is 2. The minimum absolute atomic E-state index is 0.0311. The van der Waals surface area contributed by atoms with E-state index in [0.717, 1.165) is 11.3 Å². The highest BCUT2D eigenvalue weighted by Crippen LogP contribution is 2.34. The summed E-state index contributed by atoms with van der Waals surface area (Å²) < 4.78 is 10.6. The maximum Gasteiger partial charge on any atom is 0.231 e. The lowest BCUT2D eigenvalue weighted by molar-refractivity contribution is -0.122. The molecule has 0 bridgehead atoms. The first-order valence-electron chi connectivity index (χ1n) is 8.18. The third-order valence-electron chi connectivity index (χ3n) is 4.45. The zero-order valence-electron chi connectivity index (χ0n) is 13.8. The summed E-state index contributed by atoms with van der Waals surface area (Å²) >= 11 is 0. The van der Waals surface area contributed by atoms with E-state index in [4.69, 9.17) is 9.47 Å². The van der Waals surface area contributed by atoms with Crippen LogP contribution in [0.3, 0.4) is 0 Å². The average Bonchev–Trinajstić information content (AvgIpc) is 3.20. The van der Waals surface area contributed by atoms with Gasteiger partial charge in [-0.3, -0.25) is 9.59 Å². The van der Waals surface area contributed by atoms with Crippen LogP contribution in [0.1, 0.15) is 12.0 Å². The highest BCUT2D eigenvalue weighted by Gasteiger charge is 2.35. The van der Waals surface area contributed by atoms with Crippen LogP contribution in [0.4, 0.5) is 11.4 Å². The van der Waals surface area contributed by atoms with Crippen molar-refractivity contribution in [3.8, 4) is 11.5 Å². The molecule has 2 aliphatic rings. The van der Waals surface area contributed by atoms with Crippen molar-refractivity contribution in [2.24, 2.45) is 5.92 Å². The molecule has 2 aromatic rings. The molecule has 2 amide bonds. The summed E-state index contributed by atoms with van der Waals surface area (Å²) in [7, 11) is 0. The minimum atomic E-state index is -0.376. The monoisotopic (exact) mass is 338 g/mol. The molecule has 128 valence electrons. The van der Waals surface area contributed by atoms with Gasteiger partial charge in [0, 0.05) is 30.4 Å². The lowest BCUT2D eigenvalue weighted by Crippen LogP contribution is -2.28. The fraction of sp³-hybridized carbons (Fsp3) is 0.263. The van der Waals surface area contributed by atoms with Crippen LogP contribution in [0, 0.1) is 12.8 Å². The number of fused-ring (bicyclic) bond motifs is 1. The number of hydrogen-bond donors (Lipinski definition) is 1. The third kappa shape index (κ3) is 3.03. The largest absolute Gasteiger partial charge is 0.454 e. The summed E-state index contributed by atoms with van der Waals surface area (Å²) in [5.74, 6) is 0.707. The van der Waals surface area contributed by atoms with Gasteiger partial charge in [0.1, 0.15) is 0 Å². The number of hydrogen-bond acceptors (Lipinski definition) is 4. The maximum atomic E-state index is 12.5. The molecule has 0 radical (unpaired) electrons. The van der Waals surface area contributed by atoms with Gasteiger partial charge >= 0.3 is 0 Å². The van der Waals surface area contributed by atoms with E-state index >= 15 is 0 Å². The topological polar surface area (TPSA) is 67.9 Å². The van der Waals surface area contributed by atoms with Crippen molar-refractivity contribution in [2.45, 2.75) is 13.3 Å². The van der Waals surface area contributed by atoms with Crippen LogP contribution >= 0.6 is 0 Å². The van der Waals surface area contributed by atoms with E-state index in [1.807, 2.05) is 31.2 Å². The van der Waals surface area contributed by atoms with Crippen LogP contribution < -0.4 is 19.7 Å². The van der Waals surface area contributed by atoms with Crippen LogP contribution in [0.25, 0.3) is 0 Å². The van der Waals surface area contributed by atoms with E-state index in [-0.39, 0.29) is 30.9 Å². The molecule has 2 aromatic carbocycles. The molecule has 1 N–H and O–H groups in total. The molecule has 25 heavy (non-hydrogen) atoms. The first-order valence-corrected chi connectivity index (χ1v) is 8.18. The third-order valence-corrected chi connectivity index (χ3v) is 4.45.